The van der Waals surface area contributed by atoms with Gasteiger partial charge in [0.25, 0.3) is 17.7 Å². The number of nitrogens with zero attached hydrogens (tertiary/aromatic N) is 3. The van der Waals surface area contributed by atoms with E-state index in [0.29, 0.717) is 29.8 Å². The number of hydrogen-bond donors (Lipinski definition) is 1. The summed E-state index contributed by atoms with van der Waals surface area (Å²) >= 11 is 1.52. The largest absolute Gasteiger partial charge is 0.385 e. The number of thiazole rings is 1. The molecule has 0 aliphatic carbocycles. The highest BCUT2D eigenvalue weighted by molar-refractivity contribution is 7.13. The molecule has 0 bridgehead atoms. The first-order valence-electron chi connectivity index (χ1n) is 11.3. The van der Waals surface area contributed by atoms with E-state index in [0.717, 1.165) is 21.8 Å². The number of nitrogens with one attached hydrogen (secondary N) is 1. The number of hydrogen-bond acceptors (Lipinski definition) is 7. The number of anilines is 1. The fraction of sp³-hybridized carbons (Fsp3) is 0.148. The van der Waals surface area contributed by atoms with Crippen molar-refractivity contribution in [2.24, 2.45) is 0 Å². The summed E-state index contributed by atoms with van der Waals surface area (Å²) in [7, 11) is 1.57. The Kier molecular flexibility index (Phi) is 6.66. The van der Waals surface area contributed by atoms with Crippen molar-refractivity contribution >= 4 is 34.7 Å². The Bertz CT molecular complexity index is 1450. The maximum Gasteiger partial charge on any atom is 0.261 e. The molecule has 2 aromatic carbocycles. The molecule has 8 nitrogen and oxygen atoms in total. The minimum Gasteiger partial charge on any atom is -0.385 e. The average molecular weight is 499 g/mol. The maximum absolute atomic E-state index is 13.0. The Labute approximate surface area is 211 Å². The molecule has 1 aliphatic heterocycles. The van der Waals surface area contributed by atoms with Crippen LogP contribution >= 0.6 is 11.3 Å². The third-order valence-electron chi connectivity index (χ3n) is 5.79. The van der Waals surface area contributed by atoms with Gasteiger partial charge in [0.05, 0.1) is 16.8 Å². The van der Waals surface area contributed by atoms with Crippen LogP contribution in [-0.2, 0) is 4.74 Å². The van der Waals surface area contributed by atoms with Gasteiger partial charge in [0.2, 0.25) is 0 Å². The lowest BCUT2D eigenvalue weighted by Crippen LogP contribution is -2.31. The first kappa shape index (κ1) is 23.5. The molecule has 0 saturated heterocycles. The molecular formula is C27H22N4O4S. The van der Waals surface area contributed by atoms with Gasteiger partial charge in [0, 0.05) is 60.4 Å². The molecule has 0 radical (unpaired) electrons. The summed E-state index contributed by atoms with van der Waals surface area (Å²) < 4.78 is 5.01. The number of benzene rings is 2. The number of aromatic nitrogens is 2. The molecule has 0 unspecified atom stereocenters. The van der Waals surface area contributed by atoms with E-state index in [1.54, 1.807) is 31.6 Å². The van der Waals surface area contributed by atoms with Crippen LogP contribution in [0.25, 0.3) is 21.8 Å². The van der Waals surface area contributed by atoms with Crippen molar-refractivity contribution < 1.29 is 19.1 Å². The number of carbonyl (C=O) groups is 3. The van der Waals surface area contributed by atoms with E-state index in [4.69, 9.17) is 9.72 Å². The predicted molar refractivity (Wildman–Crippen MR) is 137 cm³/mol. The Balaban J connectivity index is 1.32. The second kappa shape index (κ2) is 10.2. The molecule has 1 aliphatic rings. The van der Waals surface area contributed by atoms with Gasteiger partial charge < -0.3 is 10.1 Å². The quantitative estimate of drug-likeness (QED) is 0.278. The van der Waals surface area contributed by atoms with E-state index in [1.807, 2.05) is 35.7 Å². The van der Waals surface area contributed by atoms with Crippen LogP contribution < -0.4 is 5.32 Å². The zero-order valence-electron chi connectivity index (χ0n) is 19.4. The Morgan fingerprint density at radius 1 is 1.03 bits per heavy atom. The molecule has 3 amide bonds. The van der Waals surface area contributed by atoms with Gasteiger partial charge in [-0.15, -0.1) is 11.3 Å². The van der Waals surface area contributed by atoms with E-state index < -0.39 is 5.91 Å². The third-order valence-corrected chi connectivity index (χ3v) is 6.68. The molecule has 4 aromatic rings. The van der Waals surface area contributed by atoms with Gasteiger partial charge in [-0.1, -0.05) is 12.1 Å². The number of imide groups is 1. The van der Waals surface area contributed by atoms with Gasteiger partial charge in [-0.2, -0.15) is 0 Å². The van der Waals surface area contributed by atoms with E-state index in [1.165, 1.54) is 28.4 Å². The zero-order valence-corrected chi connectivity index (χ0v) is 20.2. The lowest BCUT2D eigenvalue weighted by atomic mass is 10.1. The first-order chi connectivity index (χ1) is 17.5. The van der Waals surface area contributed by atoms with Crippen molar-refractivity contribution in [2.45, 2.75) is 6.42 Å². The highest BCUT2D eigenvalue weighted by Crippen LogP contribution is 2.30. The minimum absolute atomic E-state index is 0.240. The van der Waals surface area contributed by atoms with Crippen molar-refractivity contribution in [3.05, 3.63) is 89.1 Å². The van der Waals surface area contributed by atoms with Crippen molar-refractivity contribution in [3.63, 3.8) is 0 Å². The van der Waals surface area contributed by atoms with Crippen LogP contribution in [0.15, 0.2) is 72.4 Å². The summed E-state index contributed by atoms with van der Waals surface area (Å²) in [6.45, 7) is 0.722. The predicted octanol–water partition coefficient (Wildman–Crippen LogP) is 4.76. The van der Waals surface area contributed by atoms with Gasteiger partial charge in [-0.3, -0.25) is 24.3 Å². The van der Waals surface area contributed by atoms with E-state index >= 15 is 0 Å². The van der Waals surface area contributed by atoms with Crippen LogP contribution in [0, 0.1) is 0 Å². The summed E-state index contributed by atoms with van der Waals surface area (Å²) in [6.07, 6.45) is 4.04. The molecule has 1 N–H and O–H groups in total. The van der Waals surface area contributed by atoms with Crippen LogP contribution in [0.5, 0.6) is 0 Å². The number of pyridine rings is 1. The molecule has 0 atom stereocenters. The van der Waals surface area contributed by atoms with Gasteiger partial charge in [0.1, 0.15) is 5.01 Å². The number of fused-ring (bicyclic) bond motifs is 1. The van der Waals surface area contributed by atoms with Crippen molar-refractivity contribution in [1.82, 2.24) is 14.9 Å². The highest BCUT2D eigenvalue weighted by Gasteiger charge is 2.35. The topological polar surface area (TPSA) is 101 Å². The lowest BCUT2D eigenvalue weighted by Gasteiger charge is -2.12. The van der Waals surface area contributed by atoms with E-state index in [9.17, 15) is 14.4 Å². The van der Waals surface area contributed by atoms with E-state index in [2.05, 4.69) is 10.3 Å². The molecule has 0 spiro atoms. The summed E-state index contributed by atoms with van der Waals surface area (Å²) in [5.74, 6) is -1.11. The van der Waals surface area contributed by atoms with Gasteiger partial charge in [-0.25, -0.2) is 4.98 Å². The van der Waals surface area contributed by atoms with E-state index in [-0.39, 0.29) is 23.9 Å². The van der Waals surface area contributed by atoms with Gasteiger partial charge >= 0.3 is 0 Å². The SMILES string of the molecule is COCCCN1C(=O)c2ccc(C(=O)Nc3cccc(-c4csc(-c5cccnc5)n4)c3)cc2C1=O. The van der Waals surface area contributed by atoms with Gasteiger partial charge in [0.15, 0.2) is 0 Å². The summed E-state index contributed by atoms with van der Waals surface area (Å²) in [5.41, 5.74) is 4.04. The molecule has 180 valence electrons. The summed E-state index contributed by atoms with van der Waals surface area (Å²) in [6, 6.07) is 15.8. The molecule has 9 heteroatoms. The lowest BCUT2D eigenvalue weighted by molar-refractivity contribution is 0.0638. The second-order valence-corrected chi connectivity index (χ2v) is 9.04. The second-order valence-electron chi connectivity index (χ2n) is 8.18. The van der Waals surface area contributed by atoms with Crippen LogP contribution in [-0.4, -0.2) is 52.9 Å². The monoisotopic (exact) mass is 498 g/mol. The number of amides is 3. The Morgan fingerprint density at radius 2 is 1.86 bits per heavy atom. The normalized spacial score (nSPS) is 12.6. The summed E-state index contributed by atoms with van der Waals surface area (Å²) in [5, 5.41) is 5.70. The first-order valence-corrected chi connectivity index (χ1v) is 12.2. The fourth-order valence-corrected chi connectivity index (χ4v) is 4.81. The Morgan fingerprint density at radius 3 is 2.67 bits per heavy atom. The van der Waals surface area contributed by atoms with Crippen LogP contribution in [0.3, 0.4) is 0 Å². The van der Waals surface area contributed by atoms with Crippen molar-refractivity contribution in [2.75, 3.05) is 25.6 Å². The fourth-order valence-electron chi connectivity index (χ4n) is 3.99. The zero-order chi connectivity index (χ0) is 25.1. The number of rotatable bonds is 8. The maximum atomic E-state index is 13.0. The average Bonchev–Trinajstić information content (AvgIpc) is 3.49. The molecule has 36 heavy (non-hydrogen) atoms. The molecular weight excluding hydrogens is 476 g/mol. The molecule has 3 heterocycles. The minimum atomic E-state index is -0.393. The van der Waals surface area contributed by atoms with Gasteiger partial charge in [-0.05, 0) is 48.9 Å². The standard InChI is InChI=1S/C27H22N4O4S/c1-35-12-4-11-31-26(33)21-9-8-18(14-22(21)27(31)34)24(32)29-20-7-2-5-17(13-20)23-16-36-25(30-23)19-6-3-10-28-15-19/h2-3,5-10,13-16H,4,11-12H2,1H3,(H,29,32). The molecule has 0 fully saturated rings. The van der Waals surface area contributed by atoms with Crippen LogP contribution in [0.4, 0.5) is 5.69 Å². The number of methoxy groups -OCH3 is 1. The van der Waals surface area contributed by atoms with Crippen LogP contribution in [0.1, 0.15) is 37.5 Å². The number of carbonyl (C=O) groups excluding carboxylic acids is 3. The molecule has 0 saturated carbocycles. The third kappa shape index (κ3) is 4.66. The number of ether oxygens (including phenoxy) is 1. The van der Waals surface area contributed by atoms with Crippen molar-refractivity contribution in [1.29, 1.82) is 0 Å². The molecule has 5 rings (SSSR count). The smallest absolute Gasteiger partial charge is 0.261 e. The highest BCUT2D eigenvalue weighted by atomic mass is 32.1. The van der Waals surface area contributed by atoms with Crippen LogP contribution in [0.2, 0.25) is 0 Å². The molecule has 2 aromatic heterocycles. The van der Waals surface area contributed by atoms with Crippen molar-refractivity contribution in [3.8, 4) is 21.8 Å². The summed E-state index contributed by atoms with van der Waals surface area (Å²) in [4.78, 5) is 48.4. The Hall–Kier alpha value is -4.21.